The fourth-order valence-corrected chi connectivity index (χ4v) is 1.57. The van der Waals surface area contributed by atoms with Gasteiger partial charge in [-0.25, -0.2) is 0 Å². The van der Waals surface area contributed by atoms with Crippen LogP contribution in [0.2, 0.25) is 0 Å². The molecule has 0 amide bonds. The van der Waals surface area contributed by atoms with Gasteiger partial charge < -0.3 is 26.4 Å². The van der Waals surface area contributed by atoms with Crippen LogP contribution in [0.5, 0.6) is 11.5 Å². The van der Waals surface area contributed by atoms with Crippen molar-refractivity contribution in [3.63, 3.8) is 0 Å². The number of aliphatic hydroxyl groups excluding tert-OH is 1. The first kappa shape index (κ1) is 16.7. The second kappa shape index (κ2) is 7.40. The Morgan fingerprint density at radius 2 is 1.48 bits per heavy atom. The van der Waals surface area contributed by atoms with Gasteiger partial charge in [-0.3, -0.25) is 0 Å². The molecule has 1 unspecified atom stereocenters. The molecule has 5 heteroatoms. The minimum Gasteiger partial charge on any atom is -0.508 e. The molecular formula is C16H22N2O3. The number of aromatic hydroxyl groups is 2. The average molecular weight is 290 g/mol. The number of nitrogen functional groups attached to an aromatic ring is 1. The monoisotopic (exact) mass is 290 g/mol. The number of nitrogens with two attached hydrogens (primary N) is 1. The number of hydrogen-bond acceptors (Lipinski definition) is 5. The van der Waals surface area contributed by atoms with Crippen molar-refractivity contribution in [1.82, 2.24) is 0 Å². The fraction of sp³-hybridized carbons (Fsp3) is 0.250. The number of phenolic OH excluding ortho intramolecular Hbond substituents is 2. The van der Waals surface area contributed by atoms with Crippen molar-refractivity contribution < 1.29 is 15.3 Å². The number of phenols is 2. The predicted molar refractivity (Wildman–Crippen MR) is 85.4 cm³/mol. The van der Waals surface area contributed by atoms with Crippen molar-refractivity contribution in [2.24, 2.45) is 0 Å². The van der Waals surface area contributed by atoms with Crippen LogP contribution >= 0.6 is 0 Å². The third-order valence-corrected chi connectivity index (χ3v) is 2.82. The van der Waals surface area contributed by atoms with Gasteiger partial charge in [0.2, 0.25) is 0 Å². The first-order valence-corrected chi connectivity index (χ1v) is 6.59. The predicted octanol–water partition coefficient (Wildman–Crippen LogP) is 2.73. The highest BCUT2D eigenvalue weighted by Crippen LogP contribution is 2.21. The molecule has 0 spiro atoms. The van der Waals surface area contributed by atoms with Crippen LogP contribution in [0.1, 0.15) is 18.1 Å². The summed E-state index contributed by atoms with van der Waals surface area (Å²) in [6.07, 6.45) is -0.605. The third kappa shape index (κ3) is 5.62. The first-order valence-electron chi connectivity index (χ1n) is 6.59. The molecule has 5 nitrogen and oxygen atoms in total. The molecule has 0 heterocycles. The molecule has 2 aromatic carbocycles. The Kier molecular flexibility index (Phi) is 5.87. The molecule has 21 heavy (non-hydrogen) atoms. The van der Waals surface area contributed by atoms with E-state index in [1.54, 1.807) is 31.2 Å². The van der Waals surface area contributed by atoms with Crippen LogP contribution in [0, 0.1) is 13.8 Å². The van der Waals surface area contributed by atoms with Gasteiger partial charge in [0.15, 0.2) is 0 Å². The van der Waals surface area contributed by atoms with E-state index < -0.39 is 6.23 Å². The van der Waals surface area contributed by atoms with E-state index in [0.29, 0.717) is 11.4 Å². The van der Waals surface area contributed by atoms with Gasteiger partial charge in [-0.2, -0.15) is 0 Å². The van der Waals surface area contributed by atoms with Crippen LogP contribution in [0.3, 0.4) is 0 Å². The van der Waals surface area contributed by atoms with Crippen molar-refractivity contribution in [1.29, 1.82) is 0 Å². The summed E-state index contributed by atoms with van der Waals surface area (Å²) >= 11 is 0. The van der Waals surface area contributed by atoms with E-state index in [-0.39, 0.29) is 11.5 Å². The molecule has 2 aromatic rings. The van der Waals surface area contributed by atoms with Crippen LogP contribution < -0.4 is 11.1 Å². The summed E-state index contributed by atoms with van der Waals surface area (Å²) in [5.41, 5.74) is 8.36. The lowest BCUT2D eigenvalue weighted by Gasteiger charge is -2.09. The molecule has 0 aromatic heterocycles. The van der Waals surface area contributed by atoms with Crippen LogP contribution in [0.25, 0.3) is 0 Å². The van der Waals surface area contributed by atoms with E-state index in [4.69, 9.17) is 15.9 Å². The van der Waals surface area contributed by atoms with Crippen LogP contribution in [-0.2, 0) is 0 Å². The average Bonchev–Trinajstić information content (AvgIpc) is 2.39. The minimum atomic E-state index is -0.605. The SMILES string of the molecule is Cc1ccc(N)cc1O.Cc1ccc(NC(C)O)cc1O. The molecule has 1 atom stereocenters. The normalized spacial score (nSPS) is 11.2. The maximum atomic E-state index is 9.29. The van der Waals surface area contributed by atoms with E-state index in [1.807, 2.05) is 19.9 Å². The summed E-state index contributed by atoms with van der Waals surface area (Å²) in [4.78, 5) is 0. The van der Waals surface area contributed by atoms with Gasteiger partial charge in [0.1, 0.15) is 17.7 Å². The van der Waals surface area contributed by atoms with Crippen molar-refractivity contribution >= 4 is 11.4 Å². The molecule has 0 radical (unpaired) electrons. The van der Waals surface area contributed by atoms with Crippen molar-refractivity contribution in [3.05, 3.63) is 47.5 Å². The number of rotatable bonds is 2. The van der Waals surface area contributed by atoms with Crippen molar-refractivity contribution in [2.45, 2.75) is 27.0 Å². The lowest BCUT2D eigenvalue weighted by molar-refractivity contribution is 0.224. The van der Waals surface area contributed by atoms with E-state index >= 15 is 0 Å². The molecule has 0 aliphatic carbocycles. The van der Waals surface area contributed by atoms with Gasteiger partial charge in [-0.1, -0.05) is 12.1 Å². The van der Waals surface area contributed by atoms with Crippen LogP contribution in [0.15, 0.2) is 36.4 Å². The Bertz CT molecular complexity index is 598. The van der Waals surface area contributed by atoms with Crippen molar-refractivity contribution in [3.8, 4) is 11.5 Å². The highest BCUT2D eigenvalue weighted by Gasteiger charge is 1.99. The van der Waals surface area contributed by atoms with E-state index in [0.717, 1.165) is 11.1 Å². The summed E-state index contributed by atoms with van der Waals surface area (Å²) < 4.78 is 0. The van der Waals surface area contributed by atoms with Gasteiger partial charge >= 0.3 is 0 Å². The van der Waals surface area contributed by atoms with Crippen LogP contribution in [-0.4, -0.2) is 21.5 Å². The summed E-state index contributed by atoms with van der Waals surface area (Å²) in [7, 11) is 0. The van der Waals surface area contributed by atoms with Crippen molar-refractivity contribution in [2.75, 3.05) is 11.1 Å². The number of nitrogens with one attached hydrogen (secondary N) is 1. The molecule has 0 bridgehead atoms. The largest absolute Gasteiger partial charge is 0.508 e. The van der Waals surface area contributed by atoms with E-state index in [2.05, 4.69) is 5.32 Å². The highest BCUT2D eigenvalue weighted by atomic mass is 16.3. The Morgan fingerprint density at radius 1 is 0.952 bits per heavy atom. The second-order valence-electron chi connectivity index (χ2n) is 4.87. The Labute approximate surface area is 124 Å². The number of benzene rings is 2. The lowest BCUT2D eigenvalue weighted by Crippen LogP contribution is -2.12. The molecule has 0 saturated heterocycles. The topological polar surface area (TPSA) is 98.7 Å². The molecule has 0 saturated carbocycles. The maximum absolute atomic E-state index is 9.29. The Balaban J connectivity index is 0.000000219. The zero-order valence-electron chi connectivity index (χ0n) is 12.5. The number of aryl methyl sites for hydroxylation is 2. The molecule has 0 fully saturated rings. The standard InChI is InChI=1S/C9H13NO2.C7H9NO/c1-6-3-4-8(5-9(6)12)10-7(2)11;1-5-2-3-6(8)4-7(5)9/h3-5,7,10-12H,1-2H3;2-4,9H,8H2,1H3. The van der Waals surface area contributed by atoms with E-state index in [1.165, 1.54) is 6.07 Å². The lowest BCUT2D eigenvalue weighted by atomic mass is 10.2. The quantitative estimate of drug-likeness (QED) is 0.433. The summed E-state index contributed by atoms with van der Waals surface area (Å²) in [5, 5.41) is 30.1. The van der Waals surface area contributed by atoms with Gasteiger partial charge in [-0.05, 0) is 44.0 Å². The molecule has 0 aliphatic rings. The molecule has 2 rings (SSSR count). The number of hydrogen-bond donors (Lipinski definition) is 5. The highest BCUT2D eigenvalue weighted by molar-refractivity contribution is 5.51. The molecule has 0 aliphatic heterocycles. The summed E-state index contributed by atoms with van der Waals surface area (Å²) in [6.45, 7) is 5.27. The summed E-state index contributed by atoms with van der Waals surface area (Å²) in [6, 6.07) is 10.3. The second-order valence-corrected chi connectivity index (χ2v) is 4.87. The summed E-state index contributed by atoms with van der Waals surface area (Å²) in [5.74, 6) is 0.496. The molecule has 114 valence electrons. The van der Waals surface area contributed by atoms with Gasteiger partial charge in [-0.15, -0.1) is 0 Å². The smallest absolute Gasteiger partial charge is 0.121 e. The maximum Gasteiger partial charge on any atom is 0.121 e. The molecular weight excluding hydrogens is 268 g/mol. The minimum absolute atomic E-state index is 0.237. The zero-order chi connectivity index (χ0) is 16.0. The Hall–Kier alpha value is -2.40. The number of anilines is 2. The molecule has 6 N–H and O–H groups in total. The zero-order valence-corrected chi connectivity index (χ0v) is 12.5. The number of aliphatic hydroxyl groups is 1. The van der Waals surface area contributed by atoms with Gasteiger partial charge in [0.05, 0.1) is 0 Å². The van der Waals surface area contributed by atoms with Crippen LogP contribution in [0.4, 0.5) is 11.4 Å². The van der Waals surface area contributed by atoms with Gasteiger partial charge in [0.25, 0.3) is 0 Å². The van der Waals surface area contributed by atoms with E-state index in [9.17, 15) is 5.11 Å². The Morgan fingerprint density at radius 3 is 1.90 bits per heavy atom. The third-order valence-electron chi connectivity index (χ3n) is 2.82. The fourth-order valence-electron chi connectivity index (χ4n) is 1.57. The first-order chi connectivity index (χ1) is 9.79. The van der Waals surface area contributed by atoms with Gasteiger partial charge in [0, 0.05) is 23.5 Å².